The van der Waals surface area contributed by atoms with Crippen molar-refractivity contribution in [3.63, 3.8) is 0 Å². The zero-order chi connectivity index (χ0) is 29.4. The molecule has 0 unspecified atom stereocenters. The van der Waals surface area contributed by atoms with E-state index in [1.54, 1.807) is 0 Å². The molecular formula is C30H31F3N4O4. The van der Waals surface area contributed by atoms with E-state index < -0.39 is 12.1 Å². The molecular weight excluding hydrogens is 537 g/mol. The average Bonchev–Trinajstić information content (AvgIpc) is 3.30. The van der Waals surface area contributed by atoms with Gasteiger partial charge in [-0.2, -0.15) is 13.2 Å². The lowest BCUT2D eigenvalue weighted by Gasteiger charge is -2.32. The van der Waals surface area contributed by atoms with Crippen molar-refractivity contribution < 1.29 is 27.9 Å². The second-order valence-electron chi connectivity index (χ2n) is 9.74. The highest BCUT2D eigenvalue weighted by Crippen LogP contribution is 2.26. The molecule has 0 radical (unpaired) electrons. The van der Waals surface area contributed by atoms with Gasteiger partial charge in [-0.05, 0) is 36.1 Å². The van der Waals surface area contributed by atoms with Crippen LogP contribution in [0.25, 0.3) is 11.0 Å². The molecule has 216 valence electrons. The van der Waals surface area contributed by atoms with E-state index in [4.69, 9.17) is 9.90 Å². The Kier molecular flexibility index (Phi) is 9.61. The quantitative estimate of drug-likeness (QED) is 0.303. The number of hydrogen-bond acceptors (Lipinski definition) is 4. The number of benzene rings is 3. The molecule has 0 spiro atoms. The fourth-order valence-corrected chi connectivity index (χ4v) is 5.06. The smallest absolute Gasteiger partial charge is 0.475 e. The number of fused-ring (bicyclic) bond motifs is 1. The number of carboxylic acid groups (broad SMARTS) is 1. The number of likely N-dealkylation sites (tertiary alicyclic amines) is 1. The van der Waals surface area contributed by atoms with E-state index in [1.807, 2.05) is 89.5 Å². The van der Waals surface area contributed by atoms with Crippen molar-refractivity contribution in [3.05, 3.63) is 107 Å². The number of para-hydroxylation sites is 2. The molecule has 4 aromatic rings. The van der Waals surface area contributed by atoms with Gasteiger partial charge in [0.15, 0.2) is 0 Å². The maximum atomic E-state index is 13.2. The van der Waals surface area contributed by atoms with Crippen molar-refractivity contribution in [2.45, 2.75) is 31.0 Å². The van der Waals surface area contributed by atoms with Crippen molar-refractivity contribution >= 4 is 22.9 Å². The van der Waals surface area contributed by atoms with Gasteiger partial charge >= 0.3 is 17.8 Å². The Labute approximate surface area is 234 Å². The summed E-state index contributed by atoms with van der Waals surface area (Å²) in [5.41, 5.74) is 3.84. The molecule has 11 heteroatoms. The van der Waals surface area contributed by atoms with E-state index in [0.717, 1.165) is 54.6 Å². The highest BCUT2D eigenvalue weighted by Gasteiger charge is 2.38. The number of nitrogens with one attached hydrogen (secondary N) is 2. The van der Waals surface area contributed by atoms with Crippen molar-refractivity contribution in [2.75, 3.05) is 26.2 Å². The number of carbonyl (C=O) groups excluding carboxylic acids is 1. The van der Waals surface area contributed by atoms with Gasteiger partial charge in [0.2, 0.25) is 5.91 Å². The number of aliphatic carboxylic acids is 1. The number of aromatic amines is 1. The van der Waals surface area contributed by atoms with Crippen LogP contribution in [-0.2, 0) is 9.59 Å². The average molecular weight is 569 g/mol. The van der Waals surface area contributed by atoms with E-state index in [-0.39, 0.29) is 23.6 Å². The molecule has 2 heterocycles. The molecule has 41 heavy (non-hydrogen) atoms. The summed E-state index contributed by atoms with van der Waals surface area (Å²) in [7, 11) is 0. The lowest BCUT2D eigenvalue weighted by atomic mass is 9.90. The van der Waals surface area contributed by atoms with Crippen LogP contribution in [-0.4, -0.2) is 63.8 Å². The van der Waals surface area contributed by atoms with Crippen molar-refractivity contribution in [3.8, 4) is 0 Å². The molecule has 0 saturated carbocycles. The number of imidazole rings is 1. The Bertz CT molecular complexity index is 1460. The molecule has 0 aliphatic carbocycles. The molecule has 1 aliphatic rings. The van der Waals surface area contributed by atoms with Crippen LogP contribution in [0.3, 0.4) is 0 Å². The van der Waals surface area contributed by atoms with Crippen LogP contribution in [0.4, 0.5) is 13.2 Å². The number of carboxylic acids is 1. The molecule has 8 nitrogen and oxygen atoms in total. The van der Waals surface area contributed by atoms with Crippen LogP contribution < -0.4 is 11.0 Å². The fraction of sp³-hybridized carbons (Fsp3) is 0.300. The van der Waals surface area contributed by atoms with E-state index in [2.05, 4.69) is 15.2 Å². The first-order valence-corrected chi connectivity index (χ1v) is 13.2. The second kappa shape index (κ2) is 13.3. The minimum absolute atomic E-state index is 0.0256. The van der Waals surface area contributed by atoms with Gasteiger partial charge in [-0.3, -0.25) is 9.36 Å². The number of halogens is 3. The van der Waals surface area contributed by atoms with Crippen molar-refractivity contribution in [1.29, 1.82) is 0 Å². The summed E-state index contributed by atoms with van der Waals surface area (Å²) in [5.74, 6) is -3.05. The summed E-state index contributed by atoms with van der Waals surface area (Å²) in [5, 5.41) is 10.3. The molecule has 1 saturated heterocycles. The highest BCUT2D eigenvalue weighted by atomic mass is 19.4. The normalized spacial score (nSPS) is 14.4. The van der Waals surface area contributed by atoms with Gasteiger partial charge in [0.25, 0.3) is 0 Å². The van der Waals surface area contributed by atoms with Crippen LogP contribution >= 0.6 is 0 Å². The largest absolute Gasteiger partial charge is 0.490 e. The lowest BCUT2D eigenvalue weighted by molar-refractivity contribution is -0.192. The first kappa shape index (κ1) is 29.6. The molecule has 0 bridgehead atoms. The van der Waals surface area contributed by atoms with Crippen LogP contribution in [0.15, 0.2) is 89.7 Å². The number of nitrogens with zero attached hydrogens (tertiary/aromatic N) is 2. The molecule has 0 atom stereocenters. The third-order valence-electron chi connectivity index (χ3n) is 7.04. The van der Waals surface area contributed by atoms with E-state index >= 15 is 0 Å². The Morgan fingerprint density at radius 3 is 1.95 bits per heavy atom. The number of H-pyrrole nitrogens is 1. The first-order chi connectivity index (χ1) is 19.6. The number of hydrogen-bond donors (Lipinski definition) is 3. The van der Waals surface area contributed by atoms with E-state index in [9.17, 15) is 22.8 Å². The summed E-state index contributed by atoms with van der Waals surface area (Å²) < 4.78 is 33.7. The maximum absolute atomic E-state index is 13.2. The number of aromatic nitrogens is 2. The number of amides is 1. The maximum Gasteiger partial charge on any atom is 0.490 e. The third kappa shape index (κ3) is 7.63. The summed E-state index contributed by atoms with van der Waals surface area (Å²) >= 11 is 0. The summed E-state index contributed by atoms with van der Waals surface area (Å²) in [4.78, 5) is 39.9. The monoisotopic (exact) mass is 568 g/mol. The Morgan fingerprint density at radius 1 is 0.902 bits per heavy atom. The minimum Gasteiger partial charge on any atom is -0.475 e. The highest BCUT2D eigenvalue weighted by molar-refractivity contribution is 5.87. The number of piperidine rings is 1. The Balaban J connectivity index is 0.000000493. The zero-order valence-electron chi connectivity index (χ0n) is 22.2. The molecule has 3 N–H and O–H groups in total. The predicted molar refractivity (Wildman–Crippen MR) is 149 cm³/mol. The number of rotatable bonds is 7. The van der Waals surface area contributed by atoms with Crippen LogP contribution in [0, 0.1) is 0 Å². The molecule has 3 aromatic carbocycles. The van der Waals surface area contributed by atoms with Crippen molar-refractivity contribution in [1.82, 2.24) is 19.8 Å². The van der Waals surface area contributed by atoms with Crippen molar-refractivity contribution in [2.24, 2.45) is 0 Å². The Hall–Kier alpha value is -4.38. The second-order valence-corrected chi connectivity index (χ2v) is 9.74. The molecule has 1 aromatic heterocycles. The van der Waals surface area contributed by atoms with Gasteiger partial charge in [0.1, 0.15) is 0 Å². The van der Waals surface area contributed by atoms with Gasteiger partial charge < -0.3 is 20.3 Å². The predicted octanol–water partition coefficient (Wildman–Crippen LogP) is 4.55. The summed E-state index contributed by atoms with van der Waals surface area (Å²) in [6.45, 7) is 3.23. The lowest BCUT2D eigenvalue weighted by Crippen LogP contribution is -2.42. The van der Waals surface area contributed by atoms with Gasteiger partial charge in [-0.15, -0.1) is 0 Å². The number of alkyl halides is 3. The molecule has 5 rings (SSSR count). The first-order valence-electron chi connectivity index (χ1n) is 13.2. The third-order valence-corrected chi connectivity index (χ3v) is 7.04. The molecule has 1 aliphatic heterocycles. The molecule has 1 amide bonds. The zero-order valence-corrected chi connectivity index (χ0v) is 22.2. The Morgan fingerprint density at radius 2 is 1.41 bits per heavy atom. The van der Waals surface area contributed by atoms with Crippen LogP contribution in [0.5, 0.6) is 0 Å². The summed E-state index contributed by atoms with van der Waals surface area (Å²) in [6.07, 6.45) is -3.24. The van der Waals surface area contributed by atoms with Gasteiger partial charge in [0.05, 0.1) is 17.0 Å². The standard InChI is InChI=1S/C28H30N4O2.C2HF3O2/c33-27(26(21-9-3-1-4-10-21)22-11-5-2-6-12-22)29-17-20-31-18-15-23(16-19-31)32-25-14-8-7-13-24(25)30-28(32)34;3-2(4,5)1(6)7/h1-14,23,26H,15-20H2,(H,29,33)(H,30,34);(H,6,7). The van der Waals surface area contributed by atoms with E-state index in [1.165, 1.54) is 0 Å². The fourth-order valence-electron chi connectivity index (χ4n) is 5.06. The summed E-state index contributed by atoms with van der Waals surface area (Å²) in [6, 6.07) is 27.9. The van der Waals surface area contributed by atoms with E-state index in [0.29, 0.717) is 6.54 Å². The SMILES string of the molecule is O=C(NCCN1CCC(n2c(=O)[nH]c3ccccc32)CC1)C(c1ccccc1)c1ccccc1.O=C(O)C(F)(F)F. The van der Waals surface area contributed by atoms with Crippen LogP contribution in [0.2, 0.25) is 0 Å². The van der Waals surface area contributed by atoms with Gasteiger partial charge in [-0.25, -0.2) is 9.59 Å². The number of carbonyl (C=O) groups is 2. The topological polar surface area (TPSA) is 107 Å². The van der Waals surface area contributed by atoms with Crippen LogP contribution in [0.1, 0.15) is 35.9 Å². The van der Waals surface area contributed by atoms with Gasteiger partial charge in [0, 0.05) is 32.2 Å². The van der Waals surface area contributed by atoms with Gasteiger partial charge in [-0.1, -0.05) is 72.8 Å². The minimum atomic E-state index is -5.08. The molecule has 1 fully saturated rings.